The van der Waals surface area contributed by atoms with Gasteiger partial charge < -0.3 is 21.1 Å². The van der Waals surface area contributed by atoms with E-state index in [1.54, 1.807) is 4.90 Å². The molecule has 0 aromatic carbocycles. The van der Waals surface area contributed by atoms with Crippen LogP contribution in [0.15, 0.2) is 0 Å². The topological polar surface area (TPSA) is 98.7 Å². The first kappa shape index (κ1) is 12.9. The predicted octanol–water partition coefficient (Wildman–Crippen LogP) is -1.17. The molecule has 1 heterocycles. The lowest BCUT2D eigenvalue weighted by molar-refractivity contribution is -0.134. The summed E-state index contributed by atoms with van der Waals surface area (Å²) in [6.07, 6.45) is 2.05. The van der Waals surface area contributed by atoms with Crippen molar-refractivity contribution in [3.8, 4) is 0 Å². The van der Waals surface area contributed by atoms with E-state index in [4.69, 9.17) is 16.2 Å². The molecule has 0 spiro atoms. The number of likely N-dealkylation sites (tertiary alicyclic amines) is 1. The fourth-order valence-electron chi connectivity index (χ4n) is 1.76. The Morgan fingerprint density at radius 3 is 2.81 bits per heavy atom. The highest BCUT2D eigenvalue weighted by Crippen LogP contribution is 2.13. The average molecular weight is 229 g/mol. The summed E-state index contributed by atoms with van der Waals surface area (Å²) >= 11 is 0. The standard InChI is InChI=1S/C10H19N3O3/c11-6-10(15)13-4-1-2-8(7-13)16-5-3-9(12)14/h8H,1-7,11H2,(H2,12,14). The van der Waals surface area contributed by atoms with Gasteiger partial charge >= 0.3 is 0 Å². The van der Waals surface area contributed by atoms with E-state index in [9.17, 15) is 9.59 Å². The second-order valence-electron chi connectivity index (χ2n) is 3.90. The van der Waals surface area contributed by atoms with Crippen LogP contribution < -0.4 is 11.5 Å². The summed E-state index contributed by atoms with van der Waals surface area (Å²) in [5, 5.41) is 0. The van der Waals surface area contributed by atoms with Crippen LogP contribution in [-0.4, -0.2) is 49.1 Å². The maximum Gasteiger partial charge on any atom is 0.236 e. The number of nitrogens with zero attached hydrogens (tertiary/aromatic N) is 1. The molecule has 0 saturated carbocycles. The highest BCUT2D eigenvalue weighted by atomic mass is 16.5. The van der Waals surface area contributed by atoms with Gasteiger partial charge in [0, 0.05) is 19.5 Å². The minimum absolute atomic E-state index is 0.00333. The van der Waals surface area contributed by atoms with Crippen LogP contribution in [0.5, 0.6) is 0 Å². The molecule has 1 saturated heterocycles. The van der Waals surface area contributed by atoms with Crippen LogP contribution in [0.2, 0.25) is 0 Å². The lowest BCUT2D eigenvalue weighted by Crippen LogP contribution is -2.45. The van der Waals surface area contributed by atoms with Crippen molar-refractivity contribution in [3.63, 3.8) is 0 Å². The first-order valence-electron chi connectivity index (χ1n) is 5.51. The fraction of sp³-hybridized carbons (Fsp3) is 0.800. The second kappa shape index (κ2) is 6.44. The summed E-state index contributed by atoms with van der Waals surface area (Å²) in [6, 6.07) is 0. The predicted molar refractivity (Wildman–Crippen MR) is 58.4 cm³/mol. The minimum atomic E-state index is -0.370. The van der Waals surface area contributed by atoms with E-state index in [1.165, 1.54) is 0 Å². The molecule has 0 aromatic heterocycles. The highest BCUT2D eigenvalue weighted by molar-refractivity contribution is 5.78. The Balaban J connectivity index is 2.27. The van der Waals surface area contributed by atoms with Gasteiger partial charge in [0.25, 0.3) is 0 Å². The van der Waals surface area contributed by atoms with Crippen molar-refractivity contribution in [2.24, 2.45) is 11.5 Å². The molecule has 2 amide bonds. The van der Waals surface area contributed by atoms with Gasteiger partial charge in [-0.2, -0.15) is 0 Å². The molecule has 1 fully saturated rings. The molecule has 4 N–H and O–H groups in total. The third-order valence-corrected chi connectivity index (χ3v) is 2.61. The summed E-state index contributed by atoms with van der Waals surface area (Å²) < 4.78 is 5.48. The molecule has 1 rings (SSSR count). The number of carbonyl (C=O) groups excluding carboxylic acids is 2. The van der Waals surface area contributed by atoms with E-state index in [0.29, 0.717) is 13.2 Å². The zero-order valence-corrected chi connectivity index (χ0v) is 9.35. The first-order chi connectivity index (χ1) is 7.63. The molecule has 0 aliphatic carbocycles. The Hall–Kier alpha value is -1.14. The molecule has 0 bridgehead atoms. The number of hydrogen-bond donors (Lipinski definition) is 2. The number of piperidine rings is 1. The molecule has 92 valence electrons. The Kier molecular flexibility index (Phi) is 5.21. The van der Waals surface area contributed by atoms with Crippen LogP contribution in [0.3, 0.4) is 0 Å². The van der Waals surface area contributed by atoms with Crippen LogP contribution in [0, 0.1) is 0 Å². The Morgan fingerprint density at radius 2 is 2.19 bits per heavy atom. The smallest absolute Gasteiger partial charge is 0.236 e. The zero-order valence-electron chi connectivity index (χ0n) is 9.35. The van der Waals surface area contributed by atoms with E-state index in [-0.39, 0.29) is 30.9 Å². The van der Waals surface area contributed by atoms with Gasteiger partial charge in [0.05, 0.1) is 19.3 Å². The lowest BCUT2D eigenvalue weighted by Gasteiger charge is -2.32. The van der Waals surface area contributed by atoms with E-state index in [0.717, 1.165) is 19.4 Å². The third kappa shape index (κ3) is 4.16. The Morgan fingerprint density at radius 1 is 1.44 bits per heavy atom. The molecule has 6 heteroatoms. The van der Waals surface area contributed by atoms with Crippen molar-refractivity contribution >= 4 is 11.8 Å². The number of amides is 2. The molecular formula is C10H19N3O3. The normalized spacial score (nSPS) is 20.8. The van der Waals surface area contributed by atoms with E-state index >= 15 is 0 Å². The molecule has 1 unspecified atom stereocenters. The summed E-state index contributed by atoms with van der Waals surface area (Å²) in [6.45, 7) is 1.67. The van der Waals surface area contributed by atoms with Crippen molar-refractivity contribution in [1.82, 2.24) is 4.90 Å². The number of carbonyl (C=O) groups is 2. The van der Waals surface area contributed by atoms with Gasteiger partial charge in [0.2, 0.25) is 11.8 Å². The Labute approximate surface area is 94.9 Å². The number of ether oxygens (including phenoxy) is 1. The van der Waals surface area contributed by atoms with Gasteiger partial charge in [0.15, 0.2) is 0 Å². The summed E-state index contributed by atoms with van der Waals surface area (Å²) in [7, 11) is 0. The largest absolute Gasteiger partial charge is 0.376 e. The van der Waals surface area contributed by atoms with Gasteiger partial charge in [-0.05, 0) is 12.8 Å². The van der Waals surface area contributed by atoms with Gasteiger partial charge in [-0.1, -0.05) is 0 Å². The van der Waals surface area contributed by atoms with Crippen molar-refractivity contribution < 1.29 is 14.3 Å². The van der Waals surface area contributed by atoms with Crippen molar-refractivity contribution in [2.45, 2.75) is 25.4 Å². The van der Waals surface area contributed by atoms with Crippen molar-refractivity contribution in [1.29, 1.82) is 0 Å². The van der Waals surface area contributed by atoms with Crippen LogP contribution >= 0.6 is 0 Å². The van der Waals surface area contributed by atoms with Crippen molar-refractivity contribution in [3.05, 3.63) is 0 Å². The van der Waals surface area contributed by atoms with Gasteiger partial charge in [0.1, 0.15) is 0 Å². The van der Waals surface area contributed by atoms with Gasteiger partial charge in [-0.25, -0.2) is 0 Å². The minimum Gasteiger partial charge on any atom is -0.376 e. The second-order valence-corrected chi connectivity index (χ2v) is 3.90. The molecule has 1 aliphatic heterocycles. The number of rotatable bonds is 5. The van der Waals surface area contributed by atoms with Crippen LogP contribution in [0.25, 0.3) is 0 Å². The summed E-state index contributed by atoms with van der Waals surface area (Å²) in [4.78, 5) is 23.6. The molecular weight excluding hydrogens is 210 g/mol. The molecule has 1 atom stereocenters. The molecule has 6 nitrogen and oxygen atoms in total. The highest BCUT2D eigenvalue weighted by Gasteiger charge is 2.23. The number of primary amides is 1. The van der Waals surface area contributed by atoms with Crippen LogP contribution in [0.4, 0.5) is 0 Å². The number of hydrogen-bond acceptors (Lipinski definition) is 4. The summed E-state index contributed by atoms with van der Waals surface area (Å²) in [5.74, 6) is -0.422. The van der Waals surface area contributed by atoms with Gasteiger partial charge in [-0.15, -0.1) is 0 Å². The molecule has 0 aromatic rings. The first-order valence-corrected chi connectivity index (χ1v) is 5.51. The number of nitrogens with two attached hydrogens (primary N) is 2. The van der Waals surface area contributed by atoms with Crippen LogP contribution in [0.1, 0.15) is 19.3 Å². The zero-order chi connectivity index (χ0) is 12.0. The Bertz CT molecular complexity index is 258. The fourth-order valence-corrected chi connectivity index (χ4v) is 1.76. The maximum absolute atomic E-state index is 11.4. The monoisotopic (exact) mass is 229 g/mol. The van der Waals surface area contributed by atoms with E-state index in [1.807, 2.05) is 0 Å². The molecule has 16 heavy (non-hydrogen) atoms. The van der Waals surface area contributed by atoms with Crippen molar-refractivity contribution in [2.75, 3.05) is 26.2 Å². The molecule has 1 aliphatic rings. The molecule has 0 radical (unpaired) electrons. The SMILES string of the molecule is NCC(=O)N1CCCC(OCCC(N)=O)C1. The lowest BCUT2D eigenvalue weighted by atomic mass is 10.1. The van der Waals surface area contributed by atoms with Crippen LogP contribution in [-0.2, 0) is 14.3 Å². The average Bonchev–Trinajstić information content (AvgIpc) is 2.28. The van der Waals surface area contributed by atoms with Gasteiger partial charge in [-0.3, -0.25) is 9.59 Å². The summed E-state index contributed by atoms with van der Waals surface area (Å²) in [5.41, 5.74) is 10.3. The third-order valence-electron chi connectivity index (χ3n) is 2.61. The quantitative estimate of drug-likeness (QED) is 0.620. The van der Waals surface area contributed by atoms with E-state index < -0.39 is 0 Å². The maximum atomic E-state index is 11.4. The van der Waals surface area contributed by atoms with E-state index in [2.05, 4.69) is 0 Å².